The van der Waals surface area contributed by atoms with Crippen molar-refractivity contribution in [3.63, 3.8) is 0 Å². The number of nitrogens with two attached hydrogens (primary N) is 1. The average Bonchev–Trinajstić information content (AvgIpc) is 2.35. The van der Waals surface area contributed by atoms with Gasteiger partial charge in [-0.15, -0.1) is 11.8 Å². The molecule has 0 spiro atoms. The highest BCUT2D eigenvalue weighted by Crippen LogP contribution is 2.22. The maximum atomic E-state index is 5.82. The fourth-order valence-corrected chi connectivity index (χ4v) is 3.22. The van der Waals surface area contributed by atoms with E-state index in [1.165, 1.54) is 55.1 Å². The molecule has 0 saturated carbocycles. The van der Waals surface area contributed by atoms with Crippen molar-refractivity contribution in [3.8, 4) is 0 Å². The minimum absolute atomic E-state index is 0.894. The normalized spacial score (nSPS) is 17.2. The molecule has 0 unspecified atom stereocenters. The lowest BCUT2D eigenvalue weighted by molar-refractivity contribution is 0.242. The quantitative estimate of drug-likeness (QED) is 0.657. The van der Waals surface area contributed by atoms with E-state index in [9.17, 15) is 0 Å². The van der Waals surface area contributed by atoms with Gasteiger partial charge in [-0.3, -0.25) is 0 Å². The zero-order chi connectivity index (χ0) is 12.1. The van der Waals surface area contributed by atoms with Crippen LogP contribution in [0.1, 0.15) is 24.8 Å². The Balaban J connectivity index is 1.75. The first-order chi connectivity index (χ1) is 8.25. The Hall–Kier alpha value is -0.670. The van der Waals surface area contributed by atoms with Crippen LogP contribution in [0.15, 0.2) is 23.1 Å². The Morgan fingerprint density at radius 1 is 1.24 bits per heavy atom. The molecule has 1 aliphatic rings. The Labute approximate surface area is 109 Å². The van der Waals surface area contributed by atoms with Gasteiger partial charge in [-0.25, -0.2) is 0 Å². The number of piperidine rings is 1. The summed E-state index contributed by atoms with van der Waals surface area (Å²) in [5, 5.41) is 0. The second-order valence-electron chi connectivity index (χ2n) is 4.77. The molecule has 2 N–H and O–H groups in total. The minimum atomic E-state index is 0.894. The first-order valence-corrected chi connectivity index (χ1v) is 7.45. The van der Waals surface area contributed by atoms with E-state index >= 15 is 0 Å². The molecule has 1 aromatic carbocycles. The highest BCUT2D eigenvalue weighted by Gasteiger charge is 2.09. The van der Waals surface area contributed by atoms with E-state index in [1.54, 1.807) is 0 Å². The van der Waals surface area contributed by atoms with Gasteiger partial charge in [0, 0.05) is 22.9 Å². The summed E-state index contributed by atoms with van der Waals surface area (Å²) in [6.07, 6.45) is 4.18. The highest BCUT2D eigenvalue weighted by molar-refractivity contribution is 7.99. The zero-order valence-corrected chi connectivity index (χ0v) is 11.4. The Morgan fingerprint density at radius 2 is 2.00 bits per heavy atom. The van der Waals surface area contributed by atoms with E-state index in [-0.39, 0.29) is 0 Å². The average molecular weight is 250 g/mol. The second kappa shape index (κ2) is 6.31. The van der Waals surface area contributed by atoms with Crippen molar-refractivity contribution in [3.05, 3.63) is 23.8 Å². The minimum Gasteiger partial charge on any atom is -0.399 e. The molecule has 0 aromatic heterocycles. The van der Waals surface area contributed by atoms with Crippen molar-refractivity contribution in [2.24, 2.45) is 0 Å². The molecule has 3 heteroatoms. The van der Waals surface area contributed by atoms with Gasteiger partial charge < -0.3 is 10.6 Å². The molecule has 0 amide bonds. The molecule has 0 radical (unpaired) electrons. The number of anilines is 1. The van der Waals surface area contributed by atoms with Gasteiger partial charge >= 0.3 is 0 Å². The number of nitrogen functional groups attached to an aromatic ring is 1. The van der Waals surface area contributed by atoms with Gasteiger partial charge in [0.25, 0.3) is 0 Å². The Kier molecular flexibility index (Phi) is 4.75. The lowest BCUT2D eigenvalue weighted by Gasteiger charge is -2.26. The maximum absolute atomic E-state index is 5.82. The van der Waals surface area contributed by atoms with E-state index in [0.29, 0.717) is 0 Å². The molecule has 1 aromatic rings. The molecule has 1 heterocycles. The van der Waals surface area contributed by atoms with Crippen LogP contribution in [-0.2, 0) is 0 Å². The topological polar surface area (TPSA) is 29.3 Å². The summed E-state index contributed by atoms with van der Waals surface area (Å²) in [6.45, 7) is 5.88. The maximum Gasteiger partial charge on any atom is 0.0344 e. The van der Waals surface area contributed by atoms with Crippen LogP contribution < -0.4 is 5.73 Å². The predicted octanol–water partition coefficient (Wildman–Crippen LogP) is 3.16. The summed E-state index contributed by atoms with van der Waals surface area (Å²) in [4.78, 5) is 3.93. The van der Waals surface area contributed by atoms with Crippen molar-refractivity contribution >= 4 is 17.4 Å². The lowest BCUT2D eigenvalue weighted by atomic mass is 10.1. The van der Waals surface area contributed by atoms with Gasteiger partial charge in [-0.05, 0) is 56.6 Å². The molecule has 2 nitrogen and oxygen atoms in total. The standard InChI is InChI=1S/C14H22N2S/c1-12-11-13(5-6-14(12)15)17-10-9-16-7-3-2-4-8-16/h5-6,11H,2-4,7-10,15H2,1H3. The zero-order valence-electron chi connectivity index (χ0n) is 10.6. The van der Waals surface area contributed by atoms with Crippen molar-refractivity contribution in [2.45, 2.75) is 31.1 Å². The first-order valence-electron chi connectivity index (χ1n) is 6.47. The molecule has 0 bridgehead atoms. The van der Waals surface area contributed by atoms with Gasteiger partial charge in [0.1, 0.15) is 0 Å². The first kappa shape index (κ1) is 12.8. The van der Waals surface area contributed by atoms with E-state index in [1.807, 2.05) is 17.8 Å². The number of likely N-dealkylation sites (tertiary alicyclic amines) is 1. The van der Waals surface area contributed by atoms with Crippen LogP contribution in [0.5, 0.6) is 0 Å². The molecule has 17 heavy (non-hydrogen) atoms. The number of benzene rings is 1. The van der Waals surface area contributed by atoms with Gasteiger partial charge in [-0.2, -0.15) is 0 Å². The number of thioether (sulfide) groups is 1. The van der Waals surface area contributed by atoms with Gasteiger partial charge in [0.15, 0.2) is 0 Å². The number of aryl methyl sites for hydroxylation is 1. The summed E-state index contributed by atoms with van der Waals surface area (Å²) in [5.74, 6) is 1.18. The third-order valence-electron chi connectivity index (χ3n) is 3.37. The fraction of sp³-hybridized carbons (Fsp3) is 0.571. The molecule has 1 saturated heterocycles. The summed E-state index contributed by atoms with van der Waals surface area (Å²) in [5.41, 5.74) is 7.90. The number of hydrogen-bond acceptors (Lipinski definition) is 3. The SMILES string of the molecule is Cc1cc(SCCN2CCCCC2)ccc1N. The van der Waals surface area contributed by atoms with Crippen LogP contribution >= 0.6 is 11.8 Å². The molecular weight excluding hydrogens is 228 g/mol. The lowest BCUT2D eigenvalue weighted by Crippen LogP contribution is -2.31. The van der Waals surface area contributed by atoms with Crippen LogP contribution in [-0.4, -0.2) is 30.3 Å². The molecule has 1 fully saturated rings. The molecular formula is C14H22N2S. The van der Waals surface area contributed by atoms with E-state index in [2.05, 4.69) is 24.0 Å². The second-order valence-corrected chi connectivity index (χ2v) is 5.94. The van der Waals surface area contributed by atoms with E-state index in [0.717, 1.165) is 5.69 Å². The summed E-state index contributed by atoms with van der Waals surface area (Å²) >= 11 is 1.94. The summed E-state index contributed by atoms with van der Waals surface area (Å²) in [6, 6.07) is 6.33. The van der Waals surface area contributed by atoms with Crippen LogP contribution in [0.25, 0.3) is 0 Å². The summed E-state index contributed by atoms with van der Waals surface area (Å²) in [7, 11) is 0. The van der Waals surface area contributed by atoms with Crippen molar-refractivity contribution in [2.75, 3.05) is 31.1 Å². The van der Waals surface area contributed by atoms with Crippen LogP contribution in [0.4, 0.5) is 5.69 Å². The number of nitrogens with zero attached hydrogens (tertiary/aromatic N) is 1. The van der Waals surface area contributed by atoms with Crippen LogP contribution in [0.2, 0.25) is 0 Å². The Bertz CT molecular complexity index is 359. The van der Waals surface area contributed by atoms with Gasteiger partial charge in [0.2, 0.25) is 0 Å². The van der Waals surface area contributed by atoms with Gasteiger partial charge in [-0.1, -0.05) is 6.42 Å². The molecule has 0 atom stereocenters. The molecule has 1 aliphatic heterocycles. The molecule has 2 rings (SSSR count). The van der Waals surface area contributed by atoms with Crippen molar-refractivity contribution < 1.29 is 0 Å². The van der Waals surface area contributed by atoms with Crippen molar-refractivity contribution in [1.29, 1.82) is 0 Å². The van der Waals surface area contributed by atoms with Crippen LogP contribution in [0.3, 0.4) is 0 Å². The largest absolute Gasteiger partial charge is 0.399 e. The van der Waals surface area contributed by atoms with Crippen LogP contribution in [0, 0.1) is 6.92 Å². The van der Waals surface area contributed by atoms with E-state index in [4.69, 9.17) is 5.73 Å². The highest BCUT2D eigenvalue weighted by atomic mass is 32.2. The number of hydrogen-bond donors (Lipinski definition) is 1. The third kappa shape index (κ3) is 3.93. The monoisotopic (exact) mass is 250 g/mol. The third-order valence-corrected chi connectivity index (χ3v) is 4.34. The van der Waals surface area contributed by atoms with Gasteiger partial charge in [0.05, 0.1) is 0 Å². The summed E-state index contributed by atoms with van der Waals surface area (Å²) < 4.78 is 0. The molecule has 94 valence electrons. The predicted molar refractivity (Wildman–Crippen MR) is 76.6 cm³/mol. The Morgan fingerprint density at radius 3 is 2.71 bits per heavy atom. The smallest absolute Gasteiger partial charge is 0.0344 e. The van der Waals surface area contributed by atoms with Crippen molar-refractivity contribution in [1.82, 2.24) is 4.90 Å². The fourth-order valence-electron chi connectivity index (χ4n) is 2.21. The van der Waals surface area contributed by atoms with E-state index < -0.39 is 0 Å². The molecule has 0 aliphatic carbocycles. The number of rotatable bonds is 4.